The van der Waals surface area contributed by atoms with E-state index in [1.165, 1.54) is 12.3 Å². The summed E-state index contributed by atoms with van der Waals surface area (Å²) in [7, 11) is 5.42. The van der Waals surface area contributed by atoms with Crippen LogP contribution in [0.25, 0.3) is 0 Å². The Bertz CT molecular complexity index is 1040. The van der Waals surface area contributed by atoms with Crippen molar-refractivity contribution in [1.82, 2.24) is 19.8 Å². The molecule has 2 aromatic heterocycles. The van der Waals surface area contributed by atoms with Crippen molar-refractivity contribution >= 4 is 23.3 Å². The molecule has 9 nitrogen and oxygen atoms in total. The molecule has 1 aromatic carbocycles. The van der Waals surface area contributed by atoms with E-state index in [1.54, 1.807) is 54.4 Å². The van der Waals surface area contributed by atoms with E-state index in [2.05, 4.69) is 15.6 Å². The normalized spacial score (nSPS) is 11.9. The zero-order valence-corrected chi connectivity index (χ0v) is 17.0. The molecule has 0 saturated heterocycles. The lowest BCUT2D eigenvalue weighted by atomic mass is 10.1. The van der Waals surface area contributed by atoms with Gasteiger partial charge in [-0.2, -0.15) is 0 Å². The summed E-state index contributed by atoms with van der Waals surface area (Å²) in [6, 6.07) is 9.72. The number of carbonyl (C=O) groups excluding carboxylic acids is 3. The van der Waals surface area contributed by atoms with Gasteiger partial charge in [-0.15, -0.1) is 0 Å². The van der Waals surface area contributed by atoms with Gasteiger partial charge in [-0.3, -0.25) is 19.3 Å². The van der Waals surface area contributed by atoms with Crippen LogP contribution < -0.4 is 10.6 Å². The van der Waals surface area contributed by atoms with Crippen molar-refractivity contribution in [1.29, 1.82) is 0 Å². The van der Waals surface area contributed by atoms with Crippen LogP contribution >= 0.6 is 0 Å². The van der Waals surface area contributed by atoms with Crippen LogP contribution in [-0.4, -0.2) is 52.7 Å². The minimum Gasteiger partial charge on any atom is -0.468 e. The summed E-state index contributed by atoms with van der Waals surface area (Å²) < 4.78 is 7.00. The van der Waals surface area contributed by atoms with Crippen molar-refractivity contribution in [2.75, 3.05) is 26.0 Å². The number of furan rings is 1. The Morgan fingerprint density at radius 1 is 1.17 bits per heavy atom. The number of benzene rings is 1. The fraction of sp³-hybridized carbons (Fsp3) is 0.238. The monoisotopic (exact) mass is 409 g/mol. The number of anilines is 1. The topological polar surface area (TPSA) is 109 Å². The van der Waals surface area contributed by atoms with E-state index in [4.69, 9.17) is 4.42 Å². The molecular weight excluding hydrogens is 386 g/mol. The first-order chi connectivity index (χ1) is 14.4. The van der Waals surface area contributed by atoms with Crippen molar-refractivity contribution < 1.29 is 18.8 Å². The third kappa shape index (κ3) is 4.81. The quantitative estimate of drug-likeness (QED) is 0.453. The van der Waals surface area contributed by atoms with Gasteiger partial charge in [0.05, 0.1) is 12.3 Å². The molecule has 0 saturated carbocycles. The molecule has 0 aliphatic rings. The van der Waals surface area contributed by atoms with Gasteiger partial charge in [-0.25, -0.2) is 4.98 Å². The lowest BCUT2D eigenvalue weighted by molar-refractivity contribution is -0.136. The second-order valence-electron chi connectivity index (χ2n) is 6.93. The molecule has 30 heavy (non-hydrogen) atoms. The molecule has 0 fully saturated rings. The van der Waals surface area contributed by atoms with Crippen molar-refractivity contribution in [3.63, 3.8) is 0 Å². The zero-order chi connectivity index (χ0) is 21.7. The second kappa shape index (κ2) is 9.19. The van der Waals surface area contributed by atoms with Crippen molar-refractivity contribution in [3.8, 4) is 0 Å². The van der Waals surface area contributed by atoms with Gasteiger partial charge in [0, 0.05) is 37.2 Å². The number of nitrogens with one attached hydrogen (secondary N) is 2. The van der Waals surface area contributed by atoms with E-state index < -0.39 is 11.8 Å². The molecule has 0 spiro atoms. The van der Waals surface area contributed by atoms with E-state index in [1.807, 2.05) is 19.0 Å². The molecular formula is C21H23N5O4. The fourth-order valence-corrected chi connectivity index (χ4v) is 2.93. The van der Waals surface area contributed by atoms with Gasteiger partial charge < -0.3 is 19.6 Å². The molecule has 156 valence electrons. The number of carbonyl (C=O) groups is 3. The number of amides is 2. The Morgan fingerprint density at radius 2 is 1.97 bits per heavy atom. The van der Waals surface area contributed by atoms with Crippen molar-refractivity contribution in [2.45, 2.75) is 6.04 Å². The molecule has 9 heteroatoms. The second-order valence-corrected chi connectivity index (χ2v) is 6.93. The van der Waals surface area contributed by atoms with Crippen molar-refractivity contribution in [3.05, 3.63) is 72.2 Å². The van der Waals surface area contributed by atoms with Crippen LogP contribution in [0.2, 0.25) is 0 Å². The summed E-state index contributed by atoms with van der Waals surface area (Å²) in [5.41, 5.74) is 0.693. The third-order valence-corrected chi connectivity index (χ3v) is 4.56. The molecule has 0 radical (unpaired) electrons. The van der Waals surface area contributed by atoms with E-state index in [0.717, 1.165) is 0 Å². The average molecular weight is 409 g/mol. The number of hydrogen-bond acceptors (Lipinski definition) is 6. The first-order valence-electron chi connectivity index (χ1n) is 9.28. The first-order valence-corrected chi connectivity index (χ1v) is 9.28. The summed E-state index contributed by atoms with van der Waals surface area (Å²) in [6.45, 7) is 0.199. The highest BCUT2D eigenvalue weighted by molar-refractivity contribution is 6.39. The van der Waals surface area contributed by atoms with Gasteiger partial charge >= 0.3 is 11.8 Å². The van der Waals surface area contributed by atoms with Crippen molar-refractivity contribution in [2.24, 2.45) is 7.05 Å². The molecule has 0 unspecified atom stereocenters. The van der Waals surface area contributed by atoms with E-state index in [0.29, 0.717) is 17.0 Å². The minimum absolute atomic E-state index is 0.199. The maximum atomic E-state index is 12.6. The van der Waals surface area contributed by atoms with E-state index in [9.17, 15) is 14.4 Å². The van der Waals surface area contributed by atoms with Crippen LogP contribution in [0.5, 0.6) is 0 Å². The number of likely N-dealkylation sites (N-methyl/N-ethyl adjacent to an activating group) is 1. The predicted molar refractivity (Wildman–Crippen MR) is 110 cm³/mol. The number of rotatable bonds is 7. The van der Waals surface area contributed by atoms with Gasteiger partial charge in [-0.1, -0.05) is 12.1 Å². The van der Waals surface area contributed by atoms with Gasteiger partial charge in [-0.05, 0) is 38.4 Å². The number of nitrogens with zero attached hydrogens (tertiary/aromatic N) is 3. The lowest BCUT2D eigenvalue weighted by Gasteiger charge is -2.22. The number of aromatic nitrogens is 2. The molecule has 2 heterocycles. The highest BCUT2D eigenvalue weighted by atomic mass is 16.3. The fourth-order valence-electron chi connectivity index (χ4n) is 2.93. The van der Waals surface area contributed by atoms with Gasteiger partial charge in [0.2, 0.25) is 5.78 Å². The highest BCUT2D eigenvalue weighted by Gasteiger charge is 2.21. The number of ketones is 1. The Balaban J connectivity index is 1.62. The van der Waals surface area contributed by atoms with Gasteiger partial charge in [0.15, 0.2) is 5.82 Å². The van der Waals surface area contributed by atoms with Crippen LogP contribution in [-0.2, 0) is 16.6 Å². The molecule has 2 amide bonds. The summed E-state index contributed by atoms with van der Waals surface area (Å²) in [5, 5.41) is 5.12. The summed E-state index contributed by atoms with van der Waals surface area (Å²) in [6.07, 6.45) is 4.76. The molecule has 0 aliphatic heterocycles. The highest BCUT2D eigenvalue weighted by Crippen LogP contribution is 2.18. The van der Waals surface area contributed by atoms with E-state index >= 15 is 0 Å². The summed E-state index contributed by atoms with van der Waals surface area (Å²) in [5.74, 6) is -0.928. The molecule has 0 bridgehead atoms. The van der Waals surface area contributed by atoms with Crippen LogP contribution in [0.4, 0.5) is 5.69 Å². The maximum Gasteiger partial charge on any atom is 0.313 e. The number of aryl methyl sites for hydroxylation is 1. The number of imidazole rings is 1. The molecule has 1 atom stereocenters. The maximum absolute atomic E-state index is 12.6. The average Bonchev–Trinajstić information content (AvgIpc) is 3.39. The standard InChI is InChI=1S/C21H23N5O4/c1-25(2)16(17-8-5-11-30-17)13-23-20(28)21(29)24-15-7-4-6-14(12-15)18(27)19-22-9-10-26(19)3/h4-12,16H,13H2,1-3H3,(H,23,28)(H,24,29)/t16-/m0/s1. The van der Waals surface area contributed by atoms with Crippen LogP contribution in [0.15, 0.2) is 59.5 Å². The molecule has 3 rings (SSSR count). The largest absolute Gasteiger partial charge is 0.468 e. The summed E-state index contributed by atoms with van der Waals surface area (Å²) >= 11 is 0. The van der Waals surface area contributed by atoms with Crippen LogP contribution in [0, 0.1) is 0 Å². The Kier molecular flexibility index (Phi) is 6.43. The third-order valence-electron chi connectivity index (χ3n) is 4.56. The zero-order valence-electron chi connectivity index (χ0n) is 17.0. The van der Waals surface area contributed by atoms with Gasteiger partial charge in [0.1, 0.15) is 5.76 Å². The van der Waals surface area contributed by atoms with Crippen LogP contribution in [0.3, 0.4) is 0 Å². The number of hydrogen-bond donors (Lipinski definition) is 2. The van der Waals surface area contributed by atoms with Crippen LogP contribution in [0.1, 0.15) is 28.0 Å². The van der Waals surface area contributed by atoms with E-state index in [-0.39, 0.29) is 24.2 Å². The molecule has 2 N–H and O–H groups in total. The first kappa shape index (κ1) is 21.0. The molecule has 0 aliphatic carbocycles. The Labute approximate surface area is 173 Å². The predicted octanol–water partition coefficient (Wildman–Crippen LogP) is 1.60. The van der Waals surface area contributed by atoms with Gasteiger partial charge in [0.25, 0.3) is 0 Å². The lowest BCUT2D eigenvalue weighted by Crippen LogP contribution is -2.40. The Hall–Kier alpha value is -3.72. The SMILES string of the molecule is CN(C)[C@@H](CNC(=O)C(=O)Nc1cccc(C(=O)c2nccn2C)c1)c1ccco1. The smallest absolute Gasteiger partial charge is 0.313 e. The Morgan fingerprint density at radius 3 is 2.60 bits per heavy atom. The minimum atomic E-state index is -0.825. The summed E-state index contributed by atoms with van der Waals surface area (Å²) in [4.78, 5) is 43.0. The molecule has 3 aromatic rings.